The number of hydrogen-bond acceptors (Lipinski definition) is 2. The molecule has 0 spiro atoms. The number of aryl methyl sites for hydroxylation is 1. The predicted octanol–water partition coefficient (Wildman–Crippen LogP) is 3.64. The second-order valence-corrected chi connectivity index (χ2v) is 4.79. The molecule has 0 aromatic heterocycles. The summed E-state index contributed by atoms with van der Waals surface area (Å²) < 4.78 is 5.41. The smallest absolute Gasteiger partial charge is 0.191 e. The zero-order valence-electron chi connectivity index (χ0n) is 14.0. The van der Waals surface area contributed by atoms with Gasteiger partial charge >= 0.3 is 0 Å². The van der Waals surface area contributed by atoms with Gasteiger partial charge in [0.15, 0.2) is 5.96 Å². The van der Waals surface area contributed by atoms with Gasteiger partial charge in [0.25, 0.3) is 0 Å². The minimum absolute atomic E-state index is 0. The molecule has 0 saturated heterocycles. The van der Waals surface area contributed by atoms with Crippen molar-refractivity contribution in [1.82, 2.24) is 10.6 Å². The van der Waals surface area contributed by atoms with E-state index >= 15 is 0 Å². The lowest BCUT2D eigenvalue weighted by atomic mass is 10.1. The number of nitrogens with one attached hydrogen (secondary N) is 2. The van der Waals surface area contributed by atoms with Crippen LogP contribution in [0.3, 0.4) is 0 Å². The normalized spacial score (nSPS) is 11.2. The van der Waals surface area contributed by atoms with Crippen LogP contribution in [0, 0.1) is 6.92 Å². The van der Waals surface area contributed by atoms with Crippen molar-refractivity contribution in [3.8, 4) is 5.75 Å². The van der Waals surface area contributed by atoms with E-state index in [0.29, 0.717) is 6.54 Å². The molecule has 0 atom stereocenters. The van der Waals surface area contributed by atoms with Gasteiger partial charge in [-0.3, -0.25) is 0 Å². The molecule has 22 heavy (non-hydrogen) atoms. The number of hydrogen-bond donors (Lipinski definition) is 2. The van der Waals surface area contributed by atoms with Crippen molar-refractivity contribution < 1.29 is 4.74 Å². The SMILES string of the molecule is C/C=C/CCNC(=NCc1ccc(C)cc1OC)NCC.I. The van der Waals surface area contributed by atoms with Crippen LogP contribution in [0.5, 0.6) is 5.75 Å². The average molecular weight is 417 g/mol. The topological polar surface area (TPSA) is 45.7 Å². The third-order valence-corrected chi connectivity index (χ3v) is 3.03. The van der Waals surface area contributed by atoms with Crippen LogP contribution in [0.2, 0.25) is 0 Å². The first-order valence-electron chi connectivity index (χ1n) is 7.48. The fourth-order valence-corrected chi connectivity index (χ4v) is 1.93. The molecule has 4 nitrogen and oxygen atoms in total. The first kappa shape index (κ1) is 20.8. The third-order valence-electron chi connectivity index (χ3n) is 3.03. The van der Waals surface area contributed by atoms with Crippen LogP contribution < -0.4 is 15.4 Å². The summed E-state index contributed by atoms with van der Waals surface area (Å²) >= 11 is 0. The number of aliphatic imine (C=N–C) groups is 1. The number of methoxy groups -OCH3 is 1. The fourth-order valence-electron chi connectivity index (χ4n) is 1.93. The fraction of sp³-hybridized carbons (Fsp3) is 0.471. The molecule has 0 heterocycles. The lowest BCUT2D eigenvalue weighted by Gasteiger charge is -2.12. The van der Waals surface area contributed by atoms with Gasteiger partial charge in [0.1, 0.15) is 5.75 Å². The van der Waals surface area contributed by atoms with Crippen molar-refractivity contribution >= 4 is 29.9 Å². The highest BCUT2D eigenvalue weighted by molar-refractivity contribution is 14.0. The first-order chi connectivity index (χ1) is 10.2. The largest absolute Gasteiger partial charge is 0.496 e. The Balaban J connectivity index is 0.00000441. The monoisotopic (exact) mass is 417 g/mol. The van der Waals surface area contributed by atoms with E-state index in [1.807, 2.05) is 13.0 Å². The number of allylic oxidation sites excluding steroid dienone is 1. The number of nitrogens with zero attached hydrogens (tertiary/aromatic N) is 1. The summed E-state index contributed by atoms with van der Waals surface area (Å²) in [6.45, 7) is 8.48. The van der Waals surface area contributed by atoms with Crippen LogP contribution in [0.1, 0.15) is 31.4 Å². The van der Waals surface area contributed by atoms with Gasteiger partial charge in [-0.1, -0.05) is 24.3 Å². The van der Waals surface area contributed by atoms with E-state index in [-0.39, 0.29) is 24.0 Å². The summed E-state index contributed by atoms with van der Waals surface area (Å²) in [4.78, 5) is 4.61. The van der Waals surface area contributed by atoms with Crippen LogP contribution >= 0.6 is 24.0 Å². The Morgan fingerprint density at radius 2 is 2.09 bits per heavy atom. The van der Waals surface area contributed by atoms with Crippen LogP contribution in [0.4, 0.5) is 0 Å². The molecule has 5 heteroatoms. The minimum atomic E-state index is 0. The summed E-state index contributed by atoms with van der Waals surface area (Å²) in [6, 6.07) is 6.19. The Morgan fingerprint density at radius 1 is 1.32 bits per heavy atom. The Labute approximate surface area is 151 Å². The molecule has 0 bridgehead atoms. The van der Waals surface area contributed by atoms with E-state index in [9.17, 15) is 0 Å². The molecule has 124 valence electrons. The molecule has 0 aliphatic carbocycles. The van der Waals surface area contributed by atoms with Crippen molar-refractivity contribution in [3.05, 3.63) is 41.5 Å². The lowest BCUT2D eigenvalue weighted by Crippen LogP contribution is -2.37. The lowest BCUT2D eigenvalue weighted by molar-refractivity contribution is 0.409. The van der Waals surface area contributed by atoms with E-state index < -0.39 is 0 Å². The highest BCUT2D eigenvalue weighted by Crippen LogP contribution is 2.20. The van der Waals surface area contributed by atoms with Crippen molar-refractivity contribution in [2.45, 2.75) is 33.7 Å². The molecule has 0 amide bonds. The van der Waals surface area contributed by atoms with Gasteiger partial charge in [0, 0.05) is 18.7 Å². The zero-order valence-corrected chi connectivity index (χ0v) is 16.3. The van der Waals surface area contributed by atoms with Crippen molar-refractivity contribution in [1.29, 1.82) is 0 Å². The molecule has 0 aliphatic heterocycles. The van der Waals surface area contributed by atoms with Gasteiger partial charge in [-0.05, 0) is 38.8 Å². The summed E-state index contributed by atoms with van der Waals surface area (Å²) in [5.41, 5.74) is 2.28. The number of guanidine groups is 1. The molecule has 2 N–H and O–H groups in total. The van der Waals surface area contributed by atoms with E-state index in [1.54, 1.807) is 7.11 Å². The molecular weight excluding hydrogens is 389 g/mol. The second-order valence-electron chi connectivity index (χ2n) is 4.79. The summed E-state index contributed by atoms with van der Waals surface area (Å²) in [7, 11) is 1.70. The quantitative estimate of drug-likeness (QED) is 0.234. The van der Waals surface area contributed by atoms with Crippen LogP contribution in [-0.2, 0) is 6.54 Å². The summed E-state index contributed by atoms with van der Waals surface area (Å²) in [5, 5.41) is 6.57. The maximum absolute atomic E-state index is 5.41. The van der Waals surface area contributed by atoms with Crippen LogP contribution in [-0.4, -0.2) is 26.2 Å². The molecule has 0 saturated carbocycles. The highest BCUT2D eigenvalue weighted by atomic mass is 127. The minimum Gasteiger partial charge on any atom is -0.496 e. The molecule has 0 aliphatic rings. The van der Waals surface area contributed by atoms with Gasteiger partial charge in [-0.2, -0.15) is 0 Å². The first-order valence-corrected chi connectivity index (χ1v) is 7.48. The molecular formula is C17H28IN3O. The molecule has 0 fully saturated rings. The molecule has 1 aromatic carbocycles. The Morgan fingerprint density at radius 3 is 2.73 bits per heavy atom. The van der Waals surface area contributed by atoms with Crippen LogP contribution in [0.15, 0.2) is 35.3 Å². The van der Waals surface area contributed by atoms with Gasteiger partial charge < -0.3 is 15.4 Å². The third kappa shape index (κ3) is 7.68. The molecule has 1 rings (SSSR count). The van der Waals surface area contributed by atoms with Gasteiger partial charge in [-0.15, -0.1) is 24.0 Å². The number of halogens is 1. The highest BCUT2D eigenvalue weighted by Gasteiger charge is 2.03. The number of ether oxygens (including phenoxy) is 1. The predicted molar refractivity (Wildman–Crippen MR) is 105 cm³/mol. The van der Waals surface area contributed by atoms with E-state index in [2.05, 4.69) is 53.8 Å². The Hall–Kier alpha value is -1.24. The maximum atomic E-state index is 5.41. The maximum Gasteiger partial charge on any atom is 0.191 e. The second kappa shape index (κ2) is 12.3. The van der Waals surface area contributed by atoms with Gasteiger partial charge in [0.2, 0.25) is 0 Å². The standard InChI is InChI=1S/C17H27N3O.HI/c1-5-7-8-11-19-17(18-6-2)20-13-15-10-9-14(3)12-16(15)21-4;/h5,7,9-10,12H,6,8,11,13H2,1-4H3,(H2,18,19,20);1H/b7-5+;. The van der Waals surface area contributed by atoms with Crippen LogP contribution in [0.25, 0.3) is 0 Å². The van der Waals surface area contributed by atoms with E-state index in [0.717, 1.165) is 36.8 Å². The molecule has 0 unspecified atom stereocenters. The average Bonchev–Trinajstić information content (AvgIpc) is 2.49. The Bertz CT molecular complexity index is 487. The molecule has 1 aromatic rings. The summed E-state index contributed by atoms with van der Waals surface area (Å²) in [5.74, 6) is 1.73. The van der Waals surface area contributed by atoms with Gasteiger partial charge in [-0.25, -0.2) is 4.99 Å². The van der Waals surface area contributed by atoms with E-state index in [4.69, 9.17) is 4.74 Å². The summed E-state index contributed by atoms with van der Waals surface area (Å²) in [6.07, 6.45) is 5.19. The molecule has 0 radical (unpaired) electrons. The Kier molecular flexibility index (Phi) is 11.6. The van der Waals surface area contributed by atoms with Crippen molar-refractivity contribution in [2.75, 3.05) is 20.2 Å². The van der Waals surface area contributed by atoms with Crippen molar-refractivity contribution in [2.24, 2.45) is 4.99 Å². The number of benzene rings is 1. The zero-order chi connectivity index (χ0) is 15.5. The van der Waals surface area contributed by atoms with Gasteiger partial charge in [0.05, 0.1) is 13.7 Å². The number of rotatable bonds is 7. The van der Waals surface area contributed by atoms with E-state index in [1.165, 1.54) is 5.56 Å². The van der Waals surface area contributed by atoms with Crippen molar-refractivity contribution in [3.63, 3.8) is 0 Å².